The Labute approximate surface area is 95.5 Å². The lowest BCUT2D eigenvalue weighted by molar-refractivity contribution is 0.0275. The fourth-order valence-corrected chi connectivity index (χ4v) is 1.83. The fourth-order valence-electron chi connectivity index (χ4n) is 1.83. The summed E-state index contributed by atoms with van der Waals surface area (Å²) >= 11 is 0. The molecule has 0 aromatic heterocycles. The second-order valence-electron chi connectivity index (χ2n) is 3.68. The van der Waals surface area contributed by atoms with Gasteiger partial charge in [0.1, 0.15) is 0 Å². The smallest absolute Gasteiger partial charge is 0.161 e. The van der Waals surface area contributed by atoms with Crippen LogP contribution in [0.25, 0.3) is 0 Å². The number of ether oxygens (including phenoxy) is 3. The highest BCUT2D eigenvalue weighted by Gasteiger charge is 2.17. The minimum atomic E-state index is 0.105. The number of nitrogens with one attached hydrogen (secondary N) is 1. The zero-order valence-electron chi connectivity index (χ0n) is 9.66. The summed E-state index contributed by atoms with van der Waals surface area (Å²) in [5.74, 6) is 1.49. The molecule has 1 atom stereocenters. The van der Waals surface area contributed by atoms with Gasteiger partial charge in [-0.3, -0.25) is 0 Å². The minimum Gasteiger partial charge on any atom is -0.493 e. The molecule has 0 bridgehead atoms. The van der Waals surface area contributed by atoms with Crippen LogP contribution >= 0.6 is 0 Å². The average molecular weight is 223 g/mol. The van der Waals surface area contributed by atoms with E-state index >= 15 is 0 Å². The van der Waals surface area contributed by atoms with Crippen LogP contribution in [0.2, 0.25) is 0 Å². The van der Waals surface area contributed by atoms with Gasteiger partial charge in [0.2, 0.25) is 0 Å². The Morgan fingerprint density at radius 3 is 2.69 bits per heavy atom. The van der Waals surface area contributed by atoms with E-state index < -0.39 is 0 Å². The van der Waals surface area contributed by atoms with Crippen LogP contribution < -0.4 is 14.8 Å². The molecule has 1 saturated heterocycles. The van der Waals surface area contributed by atoms with Crippen molar-refractivity contribution in [2.45, 2.75) is 6.10 Å². The lowest BCUT2D eigenvalue weighted by Gasteiger charge is -2.24. The lowest BCUT2D eigenvalue weighted by atomic mass is 10.1. The van der Waals surface area contributed by atoms with E-state index in [1.165, 1.54) is 0 Å². The van der Waals surface area contributed by atoms with Crippen molar-refractivity contribution < 1.29 is 14.2 Å². The van der Waals surface area contributed by atoms with E-state index in [4.69, 9.17) is 14.2 Å². The summed E-state index contributed by atoms with van der Waals surface area (Å²) in [5.41, 5.74) is 1.12. The molecular formula is C12H17NO3. The summed E-state index contributed by atoms with van der Waals surface area (Å²) in [5, 5.41) is 3.30. The number of rotatable bonds is 3. The maximum absolute atomic E-state index is 5.68. The van der Waals surface area contributed by atoms with Gasteiger partial charge in [0.25, 0.3) is 0 Å². The molecule has 1 aliphatic rings. The van der Waals surface area contributed by atoms with Gasteiger partial charge in [-0.2, -0.15) is 0 Å². The van der Waals surface area contributed by atoms with E-state index in [9.17, 15) is 0 Å². The Hall–Kier alpha value is -1.26. The van der Waals surface area contributed by atoms with Crippen molar-refractivity contribution >= 4 is 0 Å². The lowest BCUT2D eigenvalue weighted by Crippen LogP contribution is -2.33. The van der Waals surface area contributed by atoms with E-state index in [2.05, 4.69) is 5.32 Å². The van der Waals surface area contributed by atoms with Crippen LogP contribution in [0.15, 0.2) is 18.2 Å². The first kappa shape index (κ1) is 11.2. The Kier molecular flexibility index (Phi) is 3.64. The van der Waals surface area contributed by atoms with E-state index in [1.54, 1.807) is 14.2 Å². The van der Waals surface area contributed by atoms with Gasteiger partial charge in [-0.1, -0.05) is 6.07 Å². The third kappa shape index (κ3) is 2.28. The monoisotopic (exact) mass is 223 g/mol. The number of methoxy groups -OCH3 is 2. The van der Waals surface area contributed by atoms with E-state index in [-0.39, 0.29) is 6.10 Å². The molecule has 1 aromatic carbocycles. The molecule has 88 valence electrons. The molecule has 1 aliphatic heterocycles. The molecular weight excluding hydrogens is 206 g/mol. The molecule has 0 radical (unpaired) electrons. The second-order valence-corrected chi connectivity index (χ2v) is 3.68. The van der Waals surface area contributed by atoms with Gasteiger partial charge in [-0.15, -0.1) is 0 Å². The number of hydrogen-bond acceptors (Lipinski definition) is 4. The van der Waals surface area contributed by atoms with Crippen LogP contribution in [0.4, 0.5) is 0 Å². The van der Waals surface area contributed by atoms with Gasteiger partial charge in [-0.05, 0) is 17.7 Å². The summed E-state index contributed by atoms with van der Waals surface area (Å²) in [6.07, 6.45) is 0.105. The molecule has 1 heterocycles. The molecule has 4 nitrogen and oxygen atoms in total. The van der Waals surface area contributed by atoms with Crippen molar-refractivity contribution in [3.8, 4) is 11.5 Å². The van der Waals surface area contributed by atoms with Crippen molar-refractivity contribution in [3.05, 3.63) is 23.8 Å². The molecule has 4 heteroatoms. The first-order valence-electron chi connectivity index (χ1n) is 5.39. The number of benzene rings is 1. The van der Waals surface area contributed by atoms with Crippen LogP contribution in [0.3, 0.4) is 0 Å². The highest BCUT2D eigenvalue weighted by Crippen LogP contribution is 2.31. The van der Waals surface area contributed by atoms with Crippen molar-refractivity contribution in [2.75, 3.05) is 33.9 Å². The van der Waals surface area contributed by atoms with Crippen molar-refractivity contribution in [1.82, 2.24) is 5.32 Å². The molecule has 0 spiro atoms. The van der Waals surface area contributed by atoms with Crippen molar-refractivity contribution in [2.24, 2.45) is 0 Å². The van der Waals surface area contributed by atoms with E-state index in [1.807, 2.05) is 18.2 Å². The van der Waals surface area contributed by atoms with Gasteiger partial charge >= 0.3 is 0 Å². The summed E-state index contributed by atoms with van der Waals surface area (Å²) in [6.45, 7) is 2.51. The predicted octanol–water partition coefficient (Wildman–Crippen LogP) is 1.36. The molecule has 1 N–H and O–H groups in total. The van der Waals surface area contributed by atoms with Gasteiger partial charge in [0.15, 0.2) is 11.5 Å². The van der Waals surface area contributed by atoms with Gasteiger partial charge in [0.05, 0.1) is 26.9 Å². The first-order valence-corrected chi connectivity index (χ1v) is 5.39. The maximum atomic E-state index is 5.68. The molecule has 1 fully saturated rings. The zero-order valence-corrected chi connectivity index (χ0v) is 9.66. The average Bonchev–Trinajstić information content (AvgIpc) is 2.39. The van der Waals surface area contributed by atoms with E-state index in [0.29, 0.717) is 0 Å². The zero-order chi connectivity index (χ0) is 11.4. The third-order valence-electron chi connectivity index (χ3n) is 2.71. The van der Waals surface area contributed by atoms with Crippen molar-refractivity contribution in [1.29, 1.82) is 0 Å². The summed E-state index contributed by atoms with van der Waals surface area (Å²) in [4.78, 5) is 0. The molecule has 0 saturated carbocycles. The number of morpholine rings is 1. The fraction of sp³-hybridized carbons (Fsp3) is 0.500. The Balaban J connectivity index is 2.20. The van der Waals surface area contributed by atoms with Gasteiger partial charge in [-0.25, -0.2) is 0 Å². The van der Waals surface area contributed by atoms with Crippen LogP contribution in [0, 0.1) is 0 Å². The first-order chi connectivity index (χ1) is 7.85. The SMILES string of the molecule is COc1ccc(C2CNCCO2)cc1OC. The largest absolute Gasteiger partial charge is 0.493 e. The molecule has 2 rings (SSSR count). The quantitative estimate of drug-likeness (QED) is 0.840. The predicted molar refractivity (Wildman–Crippen MR) is 61.1 cm³/mol. The van der Waals surface area contributed by atoms with Crippen LogP contribution in [-0.4, -0.2) is 33.9 Å². The highest BCUT2D eigenvalue weighted by molar-refractivity contribution is 5.43. The van der Waals surface area contributed by atoms with Crippen LogP contribution in [0.1, 0.15) is 11.7 Å². The number of hydrogen-bond donors (Lipinski definition) is 1. The molecule has 1 unspecified atom stereocenters. The standard InChI is InChI=1S/C12H17NO3/c1-14-10-4-3-9(7-11(10)15-2)12-8-13-5-6-16-12/h3-4,7,12-13H,5-6,8H2,1-2H3. The molecule has 0 aliphatic carbocycles. The Morgan fingerprint density at radius 1 is 1.25 bits per heavy atom. The molecule has 16 heavy (non-hydrogen) atoms. The van der Waals surface area contributed by atoms with Gasteiger partial charge in [0, 0.05) is 13.1 Å². The topological polar surface area (TPSA) is 39.7 Å². The molecule has 1 aromatic rings. The second kappa shape index (κ2) is 5.18. The normalized spacial score (nSPS) is 20.5. The van der Waals surface area contributed by atoms with Crippen LogP contribution in [0.5, 0.6) is 11.5 Å². The maximum Gasteiger partial charge on any atom is 0.161 e. The third-order valence-corrected chi connectivity index (χ3v) is 2.71. The summed E-state index contributed by atoms with van der Waals surface area (Å²) < 4.78 is 16.1. The summed E-state index contributed by atoms with van der Waals surface area (Å²) in [7, 11) is 3.28. The minimum absolute atomic E-state index is 0.105. The molecule has 0 amide bonds. The highest BCUT2D eigenvalue weighted by atomic mass is 16.5. The Bertz CT molecular complexity index is 348. The van der Waals surface area contributed by atoms with Crippen molar-refractivity contribution in [3.63, 3.8) is 0 Å². The summed E-state index contributed by atoms with van der Waals surface area (Å²) in [6, 6.07) is 5.89. The Morgan fingerprint density at radius 2 is 2.06 bits per heavy atom. The van der Waals surface area contributed by atoms with Gasteiger partial charge < -0.3 is 19.5 Å². The van der Waals surface area contributed by atoms with E-state index in [0.717, 1.165) is 36.8 Å². The van der Waals surface area contributed by atoms with Crippen LogP contribution in [-0.2, 0) is 4.74 Å².